The van der Waals surface area contributed by atoms with Gasteiger partial charge < -0.3 is 15.0 Å². The quantitative estimate of drug-likeness (QED) is 0.609. The number of likely N-dealkylation sites (N-methyl/N-ethyl adjacent to an activating group) is 1. The molecule has 3 aromatic rings. The van der Waals surface area contributed by atoms with Crippen LogP contribution in [0, 0.1) is 0 Å². The molecular weight excluding hydrogens is 404 g/mol. The van der Waals surface area contributed by atoms with Crippen molar-refractivity contribution in [1.29, 1.82) is 0 Å². The highest BCUT2D eigenvalue weighted by Gasteiger charge is 2.42. The number of fused-ring (bicyclic) bond motifs is 1. The van der Waals surface area contributed by atoms with Crippen LogP contribution < -0.4 is 10.1 Å². The Morgan fingerprint density at radius 1 is 0.938 bits per heavy atom. The molecule has 0 radical (unpaired) electrons. The van der Waals surface area contributed by atoms with Crippen molar-refractivity contribution in [3.8, 4) is 5.75 Å². The van der Waals surface area contributed by atoms with Crippen LogP contribution in [-0.4, -0.2) is 43.2 Å². The van der Waals surface area contributed by atoms with E-state index in [9.17, 15) is 14.4 Å². The standard InChI is InChI=1S/C26H24N2O4/c1-28-24(18-8-4-3-5-9-18)23(20-10-6-7-11-21(20)26(28)31)25(30)27-16-22(29)17-12-14-19(32-2)15-13-17/h3-15,23-24H,16H2,1-2H3,(H,27,30)/t23-,24-/m0/s1. The third-order valence-electron chi connectivity index (χ3n) is 5.84. The number of ether oxygens (including phenoxy) is 1. The van der Waals surface area contributed by atoms with E-state index in [-0.39, 0.29) is 24.1 Å². The first-order valence-electron chi connectivity index (χ1n) is 10.4. The molecule has 4 rings (SSSR count). The predicted octanol–water partition coefficient (Wildman–Crippen LogP) is 3.60. The van der Waals surface area contributed by atoms with Gasteiger partial charge in [-0.2, -0.15) is 0 Å². The van der Waals surface area contributed by atoms with Crippen LogP contribution in [0.1, 0.15) is 43.8 Å². The summed E-state index contributed by atoms with van der Waals surface area (Å²) in [4.78, 5) is 40.6. The monoisotopic (exact) mass is 428 g/mol. The smallest absolute Gasteiger partial charge is 0.254 e. The summed E-state index contributed by atoms with van der Waals surface area (Å²) >= 11 is 0. The Morgan fingerprint density at radius 2 is 1.59 bits per heavy atom. The lowest BCUT2D eigenvalue weighted by molar-refractivity contribution is -0.123. The first-order chi connectivity index (χ1) is 15.5. The third kappa shape index (κ3) is 3.99. The first-order valence-corrected chi connectivity index (χ1v) is 10.4. The van der Waals surface area contributed by atoms with Crippen molar-refractivity contribution in [3.63, 3.8) is 0 Å². The molecule has 2 amide bonds. The molecule has 0 bridgehead atoms. The van der Waals surface area contributed by atoms with Crippen LogP contribution in [0.2, 0.25) is 0 Å². The Bertz CT molecular complexity index is 1140. The summed E-state index contributed by atoms with van der Waals surface area (Å²) in [5.74, 6) is -0.617. The number of ketones is 1. The maximum absolute atomic E-state index is 13.4. The average Bonchev–Trinajstić information content (AvgIpc) is 2.85. The Balaban J connectivity index is 1.62. The average molecular weight is 428 g/mol. The number of Topliss-reactive ketones (excluding diaryl/α,β-unsaturated/α-hetero) is 1. The fourth-order valence-electron chi connectivity index (χ4n) is 4.18. The van der Waals surface area contributed by atoms with Gasteiger partial charge in [-0.1, -0.05) is 48.5 Å². The molecule has 2 atom stereocenters. The predicted molar refractivity (Wildman–Crippen MR) is 121 cm³/mol. The number of carbonyl (C=O) groups is 3. The molecule has 6 heteroatoms. The largest absolute Gasteiger partial charge is 0.497 e. The van der Waals surface area contributed by atoms with Gasteiger partial charge in [0.15, 0.2) is 5.78 Å². The number of hydrogen-bond acceptors (Lipinski definition) is 4. The maximum Gasteiger partial charge on any atom is 0.254 e. The number of amides is 2. The highest BCUT2D eigenvalue weighted by molar-refractivity contribution is 6.03. The summed E-state index contributed by atoms with van der Waals surface area (Å²) in [6.07, 6.45) is 0. The van der Waals surface area contributed by atoms with Crippen LogP contribution in [0.15, 0.2) is 78.9 Å². The number of rotatable bonds is 6. The van der Waals surface area contributed by atoms with Crippen molar-refractivity contribution in [3.05, 3.63) is 101 Å². The zero-order valence-corrected chi connectivity index (χ0v) is 17.9. The number of hydrogen-bond donors (Lipinski definition) is 1. The first kappa shape index (κ1) is 21.3. The molecule has 0 saturated heterocycles. The molecule has 6 nitrogen and oxygen atoms in total. The van der Waals surface area contributed by atoms with Gasteiger partial charge in [0.25, 0.3) is 5.91 Å². The fraction of sp³-hybridized carbons (Fsp3) is 0.192. The summed E-state index contributed by atoms with van der Waals surface area (Å²) in [7, 11) is 3.27. The van der Waals surface area contributed by atoms with Crippen LogP contribution in [0.5, 0.6) is 5.75 Å². The molecule has 32 heavy (non-hydrogen) atoms. The van der Waals surface area contributed by atoms with Crippen molar-refractivity contribution in [2.45, 2.75) is 12.0 Å². The summed E-state index contributed by atoms with van der Waals surface area (Å²) in [6, 6.07) is 22.9. The molecule has 0 unspecified atom stereocenters. The van der Waals surface area contributed by atoms with Gasteiger partial charge in [0.2, 0.25) is 5.91 Å². The van der Waals surface area contributed by atoms with E-state index in [1.807, 2.05) is 42.5 Å². The van der Waals surface area contributed by atoms with Crippen LogP contribution in [0.25, 0.3) is 0 Å². The molecule has 0 aliphatic carbocycles. The number of nitrogens with zero attached hydrogens (tertiary/aromatic N) is 1. The third-order valence-corrected chi connectivity index (χ3v) is 5.84. The number of nitrogens with one attached hydrogen (secondary N) is 1. The Morgan fingerprint density at radius 3 is 2.28 bits per heavy atom. The molecule has 3 aromatic carbocycles. The number of carbonyl (C=O) groups excluding carboxylic acids is 3. The van der Waals surface area contributed by atoms with E-state index in [0.717, 1.165) is 5.56 Å². The highest BCUT2D eigenvalue weighted by atomic mass is 16.5. The van der Waals surface area contributed by atoms with Gasteiger partial charge >= 0.3 is 0 Å². The zero-order chi connectivity index (χ0) is 22.7. The van der Waals surface area contributed by atoms with Crippen LogP contribution in [-0.2, 0) is 4.79 Å². The number of benzene rings is 3. The number of methoxy groups -OCH3 is 1. The van der Waals surface area contributed by atoms with Gasteiger partial charge in [-0.3, -0.25) is 14.4 Å². The van der Waals surface area contributed by atoms with E-state index in [0.29, 0.717) is 22.4 Å². The SMILES string of the molecule is COc1ccc(C(=O)CNC(=O)[C@H]2c3ccccc3C(=O)N(C)[C@H]2c2ccccc2)cc1. The van der Waals surface area contributed by atoms with Crippen molar-refractivity contribution >= 4 is 17.6 Å². The van der Waals surface area contributed by atoms with Gasteiger partial charge in [-0.15, -0.1) is 0 Å². The van der Waals surface area contributed by atoms with Gasteiger partial charge in [-0.25, -0.2) is 0 Å². The molecule has 1 N–H and O–H groups in total. The van der Waals surface area contributed by atoms with Gasteiger partial charge in [0.1, 0.15) is 5.75 Å². The summed E-state index contributed by atoms with van der Waals surface area (Å²) in [5.41, 5.74) is 2.52. The molecule has 0 aromatic heterocycles. The molecule has 1 aliphatic rings. The lowest BCUT2D eigenvalue weighted by Gasteiger charge is -2.39. The minimum absolute atomic E-state index is 0.132. The van der Waals surface area contributed by atoms with E-state index in [4.69, 9.17) is 4.74 Å². The zero-order valence-electron chi connectivity index (χ0n) is 17.9. The topological polar surface area (TPSA) is 75.7 Å². The summed E-state index contributed by atoms with van der Waals surface area (Å²) in [5, 5.41) is 2.80. The summed E-state index contributed by atoms with van der Waals surface area (Å²) in [6.45, 7) is -0.136. The normalized spacial score (nSPS) is 17.4. The Hall–Kier alpha value is -3.93. The minimum atomic E-state index is -0.639. The molecule has 0 fully saturated rings. The van der Waals surface area contributed by atoms with Crippen LogP contribution in [0.4, 0.5) is 0 Å². The molecule has 1 heterocycles. The second-order valence-corrected chi connectivity index (χ2v) is 7.71. The summed E-state index contributed by atoms with van der Waals surface area (Å²) < 4.78 is 5.12. The van der Waals surface area contributed by atoms with Crippen LogP contribution in [0.3, 0.4) is 0 Å². The highest BCUT2D eigenvalue weighted by Crippen LogP contribution is 2.41. The Labute approximate surface area is 186 Å². The van der Waals surface area contributed by atoms with Gasteiger partial charge in [0, 0.05) is 18.2 Å². The van der Waals surface area contributed by atoms with E-state index < -0.39 is 12.0 Å². The maximum atomic E-state index is 13.4. The van der Waals surface area contributed by atoms with Gasteiger partial charge in [0.05, 0.1) is 25.6 Å². The van der Waals surface area contributed by atoms with E-state index in [1.54, 1.807) is 55.5 Å². The molecule has 0 saturated carbocycles. The van der Waals surface area contributed by atoms with Crippen molar-refractivity contribution in [2.24, 2.45) is 0 Å². The lowest BCUT2D eigenvalue weighted by atomic mass is 9.79. The van der Waals surface area contributed by atoms with E-state index in [1.165, 1.54) is 0 Å². The lowest BCUT2D eigenvalue weighted by Crippen LogP contribution is -2.46. The second-order valence-electron chi connectivity index (χ2n) is 7.71. The van der Waals surface area contributed by atoms with Crippen molar-refractivity contribution < 1.29 is 19.1 Å². The van der Waals surface area contributed by atoms with E-state index in [2.05, 4.69) is 5.32 Å². The molecule has 162 valence electrons. The molecule has 1 aliphatic heterocycles. The second kappa shape index (κ2) is 9.06. The van der Waals surface area contributed by atoms with Crippen molar-refractivity contribution in [1.82, 2.24) is 10.2 Å². The molecule has 0 spiro atoms. The Kier molecular flexibility index (Phi) is 6.03. The van der Waals surface area contributed by atoms with E-state index >= 15 is 0 Å². The van der Waals surface area contributed by atoms with Crippen LogP contribution >= 0.6 is 0 Å². The fourth-order valence-corrected chi connectivity index (χ4v) is 4.18. The minimum Gasteiger partial charge on any atom is -0.497 e. The van der Waals surface area contributed by atoms with Crippen molar-refractivity contribution in [2.75, 3.05) is 20.7 Å². The molecular formula is C26H24N2O4. The van der Waals surface area contributed by atoms with Gasteiger partial charge in [-0.05, 0) is 41.5 Å².